The van der Waals surface area contributed by atoms with E-state index in [-0.39, 0.29) is 24.8 Å². The van der Waals surface area contributed by atoms with Crippen molar-refractivity contribution in [3.05, 3.63) is 46.3 Å². The van der Waals surface area contributed by atoms with E-state index >= 15 is 0 Å². The number of carbonyl (C=O) groups is 3. The summed E-state index contributed by atoms with van der Waals surface area (Å²) in [4.78, 5) is 40.8. The summed E-state index contributed by atoms with van der Waals surface area (Å²) in [5.74, 6) is -1.96. The van der Waals surface area contributed by atoms with E-state index in [4.69, 9.17) is 15.0 Å². The minimum absolute atomic E-state index is 0.108. The van der Waals surface area contributed by atoms with Gasteiger partial charge in [0.05, 0.1) is 17.9 Å². The first-order chi connectivity index (χ1) is 17.6. The maximum absolute atomic E-state index is 13.5. The number of benzene rings is 1. The van der Waals surface area contributed by atoms with Gasteiger partial charge in [0.25, 0.3) is 0 Å². The second kappa shape index (κ2) is 14.7. The number of rotatable bonds is 16. The number of ether oxygens (including phenoxy) is 2. The van der Waals surface area contributed by atoms with E-state index in [1.165, 1.54) is 6.92 Å². The van der Waals surface area contributed by atoms with E-state index in [0.29, 0.717) is 25.9 Å². The van der Waals surface area contributed by atoms with E-state index in [2.05, 4.69) is 20.7 Å². The molecule has 10 nitrogen and oxygen atoms in total. The summed E-state index contributed by atoms with van der Waals surface area (Å²) in [6, 6.07) is 8.72. The van der Waals surface area contributed by atoms with Crippen molar-refractivity contribution in [3.63, 3.8) is 0 Å². The molecule has 10 heteroatoms. The van der Waals surface area contributed by atoms with Gasteiger partial charge in [0.1, 0.15) is 6.61 Å². The Labute approximate surface area is 226 Å². The quantitative estimate of drug-likeness (QED) is 0.130. The van der Waals surface area contributed by atoms with Crippen molar-refractivity contribution >= 4 is 17.8 Å². The second-order valence-electron chi connectivity index (χ2n) is 11.4. The number of azide groups is 1. The fraction of sp³-hybridized carbons (Fsp3) is 0.679. The number of amides is 2. The molecule has 0 saturated carbocycles. The van der Waals surface area contributed by atoms with E-state index in [1.807, 2.05) is 71.9 Å². The lowest BCUT2D eigenvalue weighted by Crippen LogP contribution is -2.55. The highest BCUT2D eigenvalue weighted by Crippen LogP contribution is 2.28. The van der Waals surface area contributed by atoms with Crippen molar-refractivity contribution in [2.24, 2.45) is 11.0 Å². The highest BCUT2D eigenvalue weighted by atomic mass is 16.5. The Morgan fingerprint density at radius 3 is 2.29 bits per heavy atom. The van der Waals surface area contributed by atoms with Gasteiger partial charge in [-0.2, -0.15) is 0 Å². The van der Waals surface area contributed by atoms with Crippen molar-refractivity contribution in [3.8, 4) is 0 Å². The van der Waals surface area contributed by atoms with Gasteiger partial charge in [-0.1, -0.05) is 56.2 Å². The molecule has 0 saturated heterocycles. The van der Waals surface area contributed by atoms with Crippen molar-refractivity contribution in [1.29, 1.82) is 0 Å². The van der Waals surface area contributed by atoms with Crippen molar-refractivity contribution in [1.82, 2.24) is 10.6 Å². The zero-order chi connectivity index (χ0) is 29.0. The molecule has 0 spiro atoms. The molecule has 2 unspecified atom stereocenters. The number of hydrogen-bond donors (Lipinski definition) is 2. The molecule has 0 heterocycles. The maximum atomic E-state index is 13.5. The summed E-state index contributed by atoms with van der Waals surface area (Å²) in [6.45, 7) is 15.1. The average molecular weight is 532 g/mol. The minimum Gasteiger partial charge on any atom is -0.461 e. The van der Waals surface area contributed by atoms with Crippen LogP contribution in [0.15, 0.2) is 35.4 Å². The molecule has 2 amide bonds. The summed E-state index contributed by atoms with van der Waals surface area (Å²) in [5, 5.41) is 9.65. The van der Waals surface area contributed by atoms with Crippen LogP contribution in [0.25, 0.3) is 10.4 Å². The van der Waals surface area contributed by atoms with Crippen LogP contribution in [0.1, 0.15) is 86.6 Å². The Morgan fingerprint density at radius 1 is 1.11 bits per heavy atom. The summed E-state index contributed by atoms with van der Waals surface area (Å²) >= 11 is 0. The topological polar surface area (TPSA) is 142 Å². The molecule has 2 N–H and O–H groups in total. The summed E-state index contributed by atoms with van der Waals surface area (Å²) < 4.78 is 11.5. The third-order valence-corrected chi connectivity index (χ3v) is 6.54. The zero-order valence-corrected chi connectivity index (χ0v) is 24.2. The molecule has 0 aromatic heterocycles. The largest absolute Gasteiger partial charge is 0.461 e. The Bertz CT molecular complexity index is 975. The lowest BCUT2D eigenvalue weighted by Gasteiger charge is -2.39. The van der Waals surface area contributed by atoms with Gasteiger partial charge in [-0.05, 0) is 58.1 Å². The van der Waals surface area contributed by atoms with Crippen LogP contribution in [-0.4, -0.2) is 47.1 Å². The molecule has 3 atom stereocenters. The molecular formula is C28H45N5O5. The number of nitrogens with zero attached hydrogens (tertiary/aromatic N) is 3. The highest BCUT2D eigenvalue weighted by Gasteiger charge is 2.37. The summed E-state index contributed by atoms with van der Waals surface area (Å²) in [6.07, 6.45) is 1.50. The van der Waals surface area contributed by atoms with Crippen molar-refractivity contribution in [2.75, 3.05) is 6.61 Å². The smallest absolute Gasteiger partial charge is 0.307 e. The first kappa shape index (κ1) is 32.9. The third kappa shape index (κ3) is 12.4. The minimum atomic E-state index is -0.818. The second-order valence-corrected chi connectivity index (χ2v) is 11.4. The van der Waals surface area contributed by atoms with Crippen LogP contribution in [0.2, 0.25) is 0 Å². The van der Waals surface area contributed by atoms with Gasteiger partial charge in [0.2, 0.25) is 11.8 Å². The van der Waals surface area contributed by atoms with Crippen molar-refractivity contribution in [2.45, 2.75) is 110 Å². The number of carbonyl (C=O) groups excluding carboxylic acids is 3. The molecule has 212 valence electrons. The molecule has 1 rings (SSSR count). The van der Waals surface area contributed by atoms with Crippen LogP contribution >= 0.6 is 0 Å². The lowest BCUT2D eigenvalue weighted by atomic mass is 9.84. The summed E-state index contributed by atoms with van der Waals surface area (Å²) in [7, 11) is 0. The van der Waals surface area contributed by atoms with Gasteiger partial charge in [0, 0.05) is 35.6 Å². The standard InChI is InChI=1S/C28H45N5O5/c1-9-28(8,19-27(6,7)38-16-15-26(4,5)32-33-29)31-25(36)23(20(2)30-21(3)34)17-24(35)37-18-22-13-11-10-12-14-22/h10-14,20,23H,9,15-19H2,1-8H3,(H,30,34)(H,31,36)/t20?,23-,28?/m1/s1. The SMILES string of the molecule is CCC(C)(CC(C)(C)OCCC(C)(C)N=[N+]=[N-])NC(=O)[C@H](CC(=O)OCc1ccccc1)C(C)NC(C)=O. The lowest BCUT2D eigenvalue weighted by molar-refractivity contribution is -0.149. The fourth-order valence-corrected chi connectivity index (χ4v) is 4.28. The van der Waals surface area contributed by atoms with Crippen molar-refractivity contribution < 1.29 is 23.9 Å². The van der Waals surface area contributed by atoms with Gasteiger partial charge >= 0.3 is 5.97 Å². The van der Waals surface area contributed by atoms with Crippen LogP contribution in [0.5, 0.6) is 0 Å². The van der Waals surface area contributed by atoms with E-state index in [1.54, 1.807) is 6.92 Å². The number of esters is 1. The monoisotopic (exact) mass is 531 g/mol. The average Bonchev–Trinajstić information content (AvgIpc) is 2.80. The Balaban J connectivity index is 2.90. The molecule has 1 aromatic carbocycles. The fourth-order valence-electron chi connectivity index (χ4n) is 4.28. The highest BCUT2D eigenvalue weighted by molar-refractivity contribution is 5.85. The Hall–Kier alpha value is -3.10. The molecule has 0 aliphatic heterocycles. The maximum Gasteiger partial charge on any atom is 0.307 e. The van der Waals surface area contributed by atoms with Crippen LogP contribution in [0.3, 0.4) is 0 Å². The predicted molar refractivity (Wildman–Crippen MR) is 147 cm³/mol. The first-order valence-electron chi connectivity index (χ1n) is 13.1. The molecule has 0 aliphatic rings. The number of nitrogens with one attached hydrogen (secondary N) is 2. The van der Waals surface area contributed by atoms with Gasteiger partial charge in [0.15, 0.2) is 0 Å². The Morgan fingerprint density at radius 2 is 1.74 bits per heavy atom. The molecule has 0 bridgehead atoms. The van der Waals surface area contributed by atoms with Crippen LogP contribution in [0.4, 0.5) is 0 Å². The van der Waals surface area contributed by atoms with Crippen LogP contribution < -0.4 is 10.6 Å². The molecule has 38 heavy (non-hydrogen) atoms. The van der Waals surface area contributed by atoms with E-state index < -0.39 is 34.6 Å². The predicted octanol–water partition coefficient (Wildman–Crippen LogP) is 5.21. The zero-order valence-electron chi connectivity index (χ0n) is 24.2. The molecule has 0 radical (unpaired) electrons. The normalized spacial score (nSPS) is 14.8. The Kier molecular flexibility index (Phi) is 12.8. The van der Waals surface area contributed by atoms with Gasteiger partial charge in [-0.3, -0.25) is 14.4 Å². The molecule has 0 fully saturated rings. The van der Waals surface area contributed by atoms with Gasteiger partial charge < -0.3 is 20.1 Å². The number of hydrogen-bond acceptors (Lipinski definition) is 6. The summed E-state index contributed by atoms with van der Waals surface area (Å²) in [5.41, 5.74) is 7.79. The molecule has 0 aliphatic carbocycles. The van der Waals surface area contributed by atoms with E-state index in [9.17, 15) is 14.4 Å². The van der Waals surface area contributed by atoms with Gasteiger partial charge in [-0.25, -0.2) is 0 Å². The van der Waals surface area contributed by atoms with E-state index in [0.717, 1.165) is 5.56 Å². The molecule has 1 aromatic rings. The third-order valence-electron chi connectivity index (χ3n) is 6.54. The van der Waals surface area contributed by atoms with Gasteiger partial charge in [-0.15, -0.1) is 0 Å². The van der Waals surface area contributed by atoms with Crippen LogP contribution in [0, 0.1) is 5.92 Å². The van der Waals surface area contributed by atoms with Crippen LogP contribution in [-0.2, 0) is 30.5 Å². The molecular weight excluding hydrogens is 486 g/mol. The first-order valence-corrected chi connectivity index (χ1v) is 13.1.